The summed E-state index contributed by atoms with van der Waals surface area (Å²) >= 11 is 0. The fourth-order valence-electron chi connectivity index (χ4n) is 2.89. The van der Waals surface area contributed by atoms with Crippen LogP contribution in [-0.4, -0.2) is 54.7 Å². The van der Waals surface area contributed by atoms with Gasteiger partial charge in [0, 0.05) is 20.7 Å². The number of rotatable bonds is 5. The average molecular weight is 319 g/mol. The Balaban J connectivity index is 2.22. The molecule has 0 saturated heterocycles. The van der Waals surface area contributed by atoms with Gasteiger partial charge in [-0.3, -0.25) is 4.79 Å². The molecule has 0 aliphatic heterocycles. The van der Waals surface area contributed by atoms with E-state index < -0.39 is 17.9 Å². The first kappa shape index (κ1) is 17.4. The van der Waals surface area contributed by atoms with E-state index in [1.807, 2.05) is 44.0 Å². The highest BCUT2D eigenvalue weighted by atomic mass is 16.5. The second-order valence-electron chi connectivity index (χ2n) is 6.12. The fourth-order valence-corrected chi connectivity index (χ4v) is 2.89. The summed E-state index contributed by atoms with van der Waals surface area (Å²) in [5, 5.41) is 10.0. The number of carbonyl (C=O) groups excluding carboxylic acids is 1. The van der Waals surface area contributed by atoms with Crippen LogP contribution in [0.5, 0.6) is 0 Å². The first-order valence-corrected chi connectivity index (χ1v) is 7.73. The van der Waals surface area contributed by atoms with Crippen molar-refractivity contribution < 1.29 is 14.6 Å². The molecule has 1 aromatic carbocycles. The van der Waals surface area contributed by atoms with Gasteiger partial charge in [-0.1, -0.05) is 6.07 Å². The van der Waals surface area contributed by atoms with E-state index in [4.69, 9.17) is 10.5 Å². The Bertz CT molecular complexity index is 615. The van der Waals surface area contributed by atoms with Crippen molar-refractivity contribution in [2.24, 2.45) is 10.7 Å². The molecule has 1 aromatic rings. The monoisotopic (exact) mass is 319 g/mol. The van der Waals surface area contributed by atoms with Crippen LogP contribution in [0.2, 0.25) is 0 Å². The Hall–Kier alpha value is -1.92. The molecule has 0 heterocycles. The molecule has 1 aliphatic carbocycles. The van der Waals surface area contributed by atoms with Crippen LogP contribution < -0.4 is 5.73 Å². The number of amides is 1. The number of hydrogen-bond acceptors (Lipinski definition) is 4. The molecule has 0 bridgehead atoms. The van der Waals surface area contributed by atoms with Gasteiger partial charge >= 0.3 is 0 Å². The minimum Gasteiger partial charge on any atom is -0.392 e. The van der Waals surface area contributed by atoms with Crippen molar-refractivity contribution in [3.63, 3.8) is 0 Å². The maximum absolute atomic E-state index is 11.6. The highest BCUT2D eigenvalue weighted by molar-refractivity contribution is 5.85. The van der Waals surface area contributed by atoms with Crippen molar-refractivity contribution in [2.75, 3.05) is 20.7 Å². The van der Waals surface area contributed by atoms with Gasteiger partial charge in [0.25, 0.3) is 0 Å². The first-order chi connectivity index (χ1) is 10.8. The normalized spacial score (nSPS) is 21.9. The Kier molecular flexibility index (Phi) is 5.38. The lowest BCUT2D eigenvalue weighted by atomic mass is 9.99. The largest absolute Gasteiger partial charge is 0.392 e. The van der Waals surface area contributed by atoms with E-state index in [1.54, 1.807) is 7.11 Å². The van der Waals surface area contributed by atoms with Crippen molar-refractivity contribution in [3.8, 4) is 0 Å². The predicted octanol–water partition coefficient (Wildman–Crippen LogP) is 1.19. The van der Waals surface area contributed by atoms with Gasteiger partial charge in [0.15, 0.2) is 0 Å². The van der Waals surface area contributed by atoms with Crippen molar-refractivity contribution in [1.82, 2.24) is 4.90 Å². The van der Waals surface area contributed by atoms with E-state index in [1.165, 1.54) is 0 Å². The number of ether oxygens (including phenoxy) is 1. The third-order valence-electron chi connectivity index (χ3n) is 4.36. The molecule has 0 fully saturated rings. The fraction of sp³-hybridized carbons (Fsp3) is 0.529. The molecule has 1 aliphatic rings. The van der Waals surface area contributed by atoms with E-state index >= 15 is 0 Å². The van der Waals surface area contributed by atoms with Crippen molar-refractivity contribution >= 4 is 17.4 Å². The second-order valence-corrected chi connectivity index (χ2v) is 6.12. The summed E-state index contributed by atoms with van der Waals surface area (Å²) < 4.78 is 5.26. The van der Waals surface area contributed by atoms with Gasteiger partial charge in [0.05, 0.1) is 23.8 Å². The number of hydrogen-bond donors (Lipinski definition) is 2. The zero-order chi connectivity index (χ0) is 17.1. The third-order valence-corrected chi connectivity index (χ3v) is 4.36. The van der Waals surface area contributed by atoms with Crippen LogP contribution in [-0.2, 0) is 16.0 Å². The van der Waals surface area contributed by atoms with Crippen molar-refractivity contribution in [3.05, 3.63) is 29.3 Å². The zero-order valence-electron chi connectivity index (χ0n) is 14.1. The lowest BCUT2D eigenvalue weighted by Crippen LogP contribution is -2.32. The molecule has 1 unspecified atom stereocenters. The Morgan fingerprint density at radius 3 is 2.87 bits per heavy atom. The molecule has 0 spiro atoms. The molecule has 126 valence electrons. The molecule has 6 nitrogen and oxygen atoms in total. The van der Waals surface area contributed by atoms with Gasteiger partial charge in [0.2, 0.25) is 5.91 Å². The number of methoxy groups -OCH3 is 1. The number of nitrogens with two attached hydrogens (primary N) is 1. The van der Waals surface area contributed by atoms with Crippen LogP contribution >= 0.6 is 0 Å². The van der Waals surface area contributed by atoms with Gasteiger partial charge in [-0.25, -0.2) is 4.99 Å². The zero-order valence-corrected chi connectivity index (χ0v) is 14.1. The molecule has 23 heavy (non-hydrogen) atoms. The Morgan fingerprint density at radius 1 is 1.57 bits per heavy atom. The van der Waals surface area contributed by atoms with Crippen molar-refractivity contribution in [1.29, 1.82) is 0 Å². The second kappa shape index (κ2) is 7.10. The molecule has 2 rings (SSSR count). The lowest BCUT2D eigenvalue weighted by Gasteiger charge is -2.22. The number of primary amides is 1. The van der Waals surface area contributed by atoms with E-state index in [0.29, 0.717) is 6.42 Å². The number of carbonyl (C=O) groups is 1. The van der Waals surface area contributed by atoms with Gasteiger partial charge in [-0.15, -0.1) is 0 Å². The number of aliphatic hydroxyl groups is 1. The molecule has 0 aromatic heterocycles. The maximum atomic E-state index is 11.6. The predicted molar refractivity (Wildman–Crippen MR) is 90.0 cm³/mol. The summed E-state index contributed by atoms with van der Waals surface area (Å²) in [5.74, 6) is -0.296. The highest BCUT2D eigenvalue weighted by Gasteiger charge is 2.35. The molecule has 6 heteroatoms. The Labute approximate surface area is 137 Å². The van der Waals surface area contributed by atoms with Crippen LogP contribution in [0.4, 0.5) is 5.69 Å². The number of likely N-dealkylation sites (N-methyl/N-ethyl adjacent to an activating group) is 1. The van der Waals surface area contributed by atoms with E-state index in [9.17, 15) is 9.90 Å². The summed E-state index contributed by atoms with van der Waals surface area (Å²) in [6.07, 6.45) is -0.176. The molecular weight excluding hydrogens is 294 g/mol. The maximum Gasteiger partial charge on any atom is 0.227 e. The standard InChI is InChI=1S/C17H25N3O3/c1-10(23-4)9-20(3)11(2)19-13-6-5-12-7-15(21)16(17(18)22)14(12)8-13/h5-6,8,10,15-16,21H,7,9H2,1-4H3,(H2,18,22)/t10-,15-,16?/m1/s1. The number of amidine groups is 1. The molecule has 1 amide bonds. The van der Waals surface area contributed by atoms with Gasteiger partial charge < -0.3 is 20.5 Å². The van der Waals surface area contributed by atoms with E-state index in [-0.39, 0.29) is 6.10 Å². The number of aliphatic imine (C=N–C) groups is 1. The van der Waals surface area contributed by atoms with Crippen molar-refractivity contribution in [2.45, 2.75) is 38.4 Å². The summed E-state index contributed by atoms with van der Waals surface area (Å²) in [6.45, 7) is 4.66. The Morgan fingerprint density at radius 2 is 2.26 bits per heavy atom. The molecule has 0 radical (unpaired) electrons. The average Bonchev–Trinajstić information content (AvgIpc) is 2.82. The van der Waals surface area contributed by atoms with Crippen LogP contribution in [0.1, 0.15) is 30.9 Å². The SMILES string of the molecule is CO[C@H](C)CN(C)C(C)=Nc1ccc2c(c1)C(C(N)=O)[C@H](O)C2. The summed E-state index contributed by atoms with van der Waals surface area (Å²) in [7, 11) is 3.64. The number of aliphatic hydroxyl groups excluding tert-OH is 1. The topological polar surface area (TPSA) is 88.1 Å². The van der Waals surface area contributed by atoms with Gasteiger partial charge in [-0.2, -0.15) is 0 Å². The summed E-state index contributed by atoms with van der Waals surface area (Å²) in [4.78, 5) is 18.2. The summed E-state index contributed by atoms with van der Waals surface area (Å²) in [5.41, 5.74) is 7.91. The quantitative estimate of drug-likeness (QED) is 0.630. The number of benzene rings is 1. The van der Waals surface area contributed by atoms with Crippen LogP contribution in [0, 0.1) is 0 Å². The van der Waals surface area contributed by atoms with Crippen LogP contribution in [0.15, 0.2) is 23.2 Å². The van der Waals surface area contributed by atoms with Gasteiger partial charge in [-0.05, 0) is 43.5 Å². The number of nitrogens with zero attached hydrogens (tertiary/aromatic N) is 2. The number of fused-ring (bicyclic) bond motifs is 1. The highest BCUT2D eigenvalue weighted by Crippen LogP contribution is 2.35. The van der Waals surface area contributed by atoms with Crippen LogP contribution in [0.25, 0.3) is 0 Å². The smallest absolute Gasteiger partial charge is 0.227 e. The third kappa shape index (κ3) is 3.89. The summed E-state index contributed by atoms with van der Waals surface area (Å²) in [6, 6.07) is 5.65. The molecule has 3 N–H and O–H groups in total. The molecular formula is C17H25N3O3. The first-order valence-electron chi connectivity index (χ1n) is 7.73. The minimum atomic E-state index is -0.743. The van der Waals surface area contributed by atoms with E-state index in [0.717, 1.165) is 29.2 Å². The van der Waals surface area contributed by atoms with Gasteiger partial charge in [0.1, 0.15) is 5.84 Å². The molecule has 3 atom stereocenters. The minimum absolute atomic E-state index is 0.111. The van der Waals surface area contributed by atoms with E-state index in [2.05, 4.69) is 4.99 Å². The lowest BCUT2D eigenvalue weighted by molar-refractivity contribution is -0.121. The van der Waals surface area contributed by atoms with Crippen LogP contribution in [0.3, 0.4) is 0 Å². The molecule has 0 saturated carbocycles.